The van der Waals surface area contributed by atoms with E-state index in [-0.39, 0.29) is 17.9 Å². The molecule has 2 N–H and O–H groups in total. The van der Waals surface area contributed by atoms with Crippen LogP contribution in [-0.2, 0) is 4.74 Å². The van der Waals surface area contributed by atoms with E-state index in [9.17, 15) is 9.18 Å². The van der Waals surface area contributed by atoms with Crippen LogP contribution in [-0.4, -0.2) is 38.9 Å². The van der Waals surface area contributed by atoms with Gasteiger partial charge in [-0.3, -0.25) is 0 Å². The van der Waals surface area contributed by atoms with E-state index in [1.54, 1.807) is 12.1 Å². The summed E-state index contributed by atoms with van der Waals surface area (Å²) in [6, 6.07) is 4.56. The summed E-state index contributed by atoms with van der Waals surface area (Å²) in [6.45, 7) is 8.01. The molecule has 0 aromatic heterocycles. The third kappa shape index (κ3) is 7.17. The van der Waals surface area contributed by atoms with Crippen molar-refractivity contribution in [2.45, 2.75) is 46.1 Å². The number of benzene rings is 1. The maximum absolute atomic E-state index is 14.1. The molecule has 0 spiro atoms. The smallest absolute Gasteiger partial charge is 0.319 e. The number of hydrogen-bond donors (Lipinski definition) is 2. The zero-order chi connectivity index (χ0) is 17.9. The van der Waals surface area contributed by atoms with Crippen LogP contribution < -0.4 is 15.5 Å². The molecule has 5 nitrogen and oxygen atoms in total. The highest BCUT2D eigenvalue weighted by Crippen LogP contribution is 2.23. The lowest BCUT2D eigenvalue weighted by molar-refractivity contribution is 0.129. The van der Waals surface area contributed by atoms with Crippen LogP contribution in [0, 0.1) is 5.82 Å². The van der Waals surface area contributed by atoms with E-state index in [4.69, 9.17) is 4.74 Å². The molecular formula is C18H30FN3O2. The van der Waals surface area contributed by atoms with Crippen molar-refractivity contribution in [2.24, 2.45) is 0 Å². The fourth-order valence-corrected chi connectivity index (χ4v) is 2.05. The minimum absolute atomic E-state index is 0.196. The van der Waals surface area contributed by atoms with Crippen molar-refractivity contribution in [1.29, 1.82) is 0 Å². The third-order valence-corrected chi connectivity index (χ3v) is 3.75. The Balaban J connectivity index is 2.35. The molecular weight excluding hydrogens is 309 g/mol. The van der Waals surface area contributed by atoms with Crippen molar-refractivity contribution < 1.29 is 13.9 Å². The fourth-order valence-electron chi connectivity index (χ4n) is 2.05. The summed E-state index contributed by atoms with van der Waals surface area (Å²) in [4.78, 5) is 13.6. The number of nitrogens with one attached hydrogen (secondary N) is 2. The number of carbonyl (C=O) groups is 1. The number of anilines is 2. The minimum Gasteiger partial charge on any atom is -0.381 e. The van der Waals surface area contributed by atoms with E-state index < -0.39 is 0 Å². The van der Waals surface area contributed by atoms with Crippen LogP contribution >= 0.6 is 0 Å². The first-order chi connectivity index (χ1) is 11.5. The molecule has 24 heavy (non-hydrogen) atoms. The zero-order valence-corrected chi connectivity index (χ0v) is 15.2. The number of halogens is 1. The maximum atomic E-state index is 14.1. The first-order valence-corrected chi connectivity index (χ1v) is 8.60. The Bertz CT molecular complexity index is 509. The van der Waals surface area contributed by atoms with E-state index in [1.807, 2.05) is 25.8 Å². The zero-order valence-electron chi connectivity index (χ0n) is 15.2. The minimum atomic E-state index is -0.353. The lowest BCUT2D eigenvalue weighted by atomic mass is 10.2. The van der Waals surface area contributed by atoms with E-state index in [1.165, 1.54) is 6.07 Å². The summed E-state index contributed by atoms with van der Waals surface area (Å²) in [6.07, 6.45) is 2.92. The molecule has 2 amide bonds. The quantitative estimate of drug-likeness (QED) is 0.634. The predicted octanol–water partition coefficient (Wildman–Crippen LogP) is 4.00. The average molecular weight is 339 g/mol. The largest absolute Gasteiger partial charge is 0.381 e. The highest BCUT2D eigenvalue weighted by molar-refractivity contribution is 5.89. The summed E-state index contributed by atoms with van der Waals surface area (Å²) >= 11 is 0. The lowest BCUT2D eigenvalue weighted by Gasteiger charge is -2.24. The molecule has 0 saturated carbocycles. The van der Waals surface area contributed by atoms with Gasteiger partial charge in [-0.05, 0) is 44.9 Å². The molecule has 0 aliphatic rings. The van der Waals surface area contributed by atoms with Crippen LogP contribution in [0.15, 0.2) is 18.2 Å². The normalized spacial score (nSPS) is 10.8. The number of nitrogens with zero attached hydrogens (tertiary/aromatic N) is 1. The van der Waals surface area contributed by atoms with E-state index >= 15 is 0 Å². The van der Waals surface area contributed by atoms with E-state index in [0.29, 0.717) is 24.5 Å². The van der Waals surface area contributed by atoms with Gasteiger partial charge in [-0.25, -0.2) is 9.18 Å². The number of urea groups is 1. The fraction of sp³-hybridized carbons (Fsp3) is 0.611. The highest BCUT2D eigenvalue weighted by Gasteiger charge is 2.11. The second-order valence-electron chi connectivity index (χ2n) is 6.07. The van der Waals surface area contributed by atoms with Crippen molar-refractivity contribution >= 4 is 17.4 Å². The number of hydrogen-bond acceptors (Lipinski definition) is 3. The number of ether oxygens (including phenoxy) is 1. The van der Waals surface area contributed by atoms with Gasteiger partial charge in [0.25, 0.3) is 0 Å². The summed E-state index contributed by atoms with van der Waals surface area (Å²) in [5.41, 5.74) is 0.949. The highest BCUT2D eigenvalue weighted by atomic mass is 19.1. The van der Waals surface area contributed by atoms with Gasteiger partial charge in [-0.2, -0.15) is 0 Å². The molecule has 1 rings (SSSR count). The van der Waals surface area contributed by atoms with Crippen molar-refractivity contribution in [1.82, 2.24) is 5.32 Å². The Kier molecular flexibility index (Phi) is 9.15. The first-order valence-electron chi connectivity index (χ1n) is 8.60. The van der Waals surface area contributed by atoms with Crippen molar-refractivity contribution in [3.8, 4) is 0 Å². The van der Waals surface area contributed by atoms with Crippen molar-refractivity contribution in [3.63, 3.8) is 0 Å². The monoisotopic (exact) mass is 339 g/mol. The Morgan fingerprint density at radius 1 is 1.29 bits per heavy atom. The van der Waals surface area contributed by atoms with Gasteiger partial charge in [0.15, 0.2) is 0 Å². The molecule has 0 unspecified atom stereocenters. The summed E-state index contributed by atoms with van der Waals surface area (Å²) < 4.78 is 19.6. The molecule has 0 fully saturated rings. The van der Waals surface area contributed by atoms with Crippen LogP contribution in [0.25, 0.3) is 0 Å². The number of rotatable bonds is 10. The standard InChI is InChI=1S/C18H30FN3O2/c1-5-6-11-24-12-7-10-20-18(23)21-15-8-9-17(16(19)13-15)22(4)14(2)3/h8-9,13-14H,5-7,10-12H2,1-4H3,(H2,20,21,23). The molecule has 136 valence electrons. The van der Waals surface area contributed by atoms with Crippen molar-refractivity contribution in [2.75, 3.05) is 37.0 Å². The molecule has 0 radical (unpaired) electrons. The van der Waals surface area contributed by atoms with Gasteiger partial charge in [0.05, 0.1) is 5.69 Å². The Morgan fingerprint density at radius 3 is 2.62 bits per heavy atom. The Hall–Kier alpha value is -1.82. The van der Waals surface area contributed by atoms with E-state index in [0.717, 1.165) is 25.9 Å². The van der Waals surface area contributed by atoms with Gasteiger partial charge >= 0.3 is 6.03 Å². The molecule has 0 atom stereocenters. The number of unbranched alkanes of at least 4 members (excludes halogenated alkanes) is 1. The van der Waals surface area contributed by atoms with Gasteiger partial charge in [-0.1, -0.05) is 13.3 Å². The van der Waals surface area contributed by atoms with Crippen LogP contribution in [0.4, 0.5) is 20.6 Å². The molecule has 0 bridgehead atoms. The molecule has 0 heterocycles. The molecule has 0 aliphatic carbocycles. The van der Waals surface area contributed by atoms with Gasteiger partial charge in [0, 0.05) is 38.5 Å². The van der Waals surface area contributed by atoms with Crippen molar-refractivity contribution in [3.05, 3.63) is 24.0 Å². The lowest BCUT2D eigenvalue weighted by Crippen LogP contribution is -2.30. The average Bonchev–Trinajstić information content (AvgIpc) is 2.53. The van der Waals surface area contributed by atoms with Crippen LogP contribution in [0.5, 0.6) is 0 Å². The van der Waals surface area contributed by atoms with Crippen LogP contribution in [0.3, 0.4) is 0 Å². The van der Waals surface area contributed by atoms with Gasteiger partial charge in [-0.15, -0.1) is 0 Å². The molecule has 0 saturated heterocycles. The molecule has 1 aromatic rings. The van der Waals surface area contributed by atoms with E-state index in [2.05, 4.69) is 17.6 Å². The maximum Gasteiger partial charge on any atom is 0.319 e. The van der Waals surface area contributed by atoms with Gasteiger partial charge < -0.3 is 20.3 Å². The Morgan fingerprint density at radius 2 is 2.00 bits per heavy atom. The van der Waals surface area contributed by atoms with Crippen LogP contribution in [0.2, 0.25) is 0 Å². The number of amides is 2. The van der Waals surface area contributed by atoms with Gasteiger partial charge in [0.2, 0.25) is 0 Å². The SMILES string of the molecule is CCCCOCCCNC(=O)Nc1ccc(N(C)C(C)C)c(F)c1. The first kappa shape index (κ1) is 20.2. The third-order valence-electron chi connectivity index (χ3n) is 3.75. The second kappa shape index (κ2) is 10.9. The molecule has 0 aliphatic heterocycles. The second-order valence-corrected chi connectivity index (χ2v) is 6.07. The summed E-state index contributed by atoms with van der Waals surface area (Å²) in [5, 5.41) is 5.37. The molecule has 1 aromatic carbocycles. The topological polar surface area (TPSA) is 53.6 Å². The summed E-state index contributed by atoms with van der Waals surface area (Å²) in [5.74, 6) is -0.353. The summed E-state index contributed by atoms with van der Waals surface area (Å²) in [7, 11) is 1.84. The van der Waals surface area contributed by atoms with Gasteiger partial charge in [0.1, 0.15) is 5.82 Å². The number of carbonyl (C=O) groups excluding carboxylic acids is 1. The Labute approximate surface area is 144 Å². The molecule has 6 heteroatoms. The van der Waals surface area contributed by atoms with Crippen LogP contribution in [0.1, 0.15) is 40.0 Å². The predicted molar refractivity (Wildman–Crippen MR) is 97.3 cm³/mol.